The zero-order valence-corrected chi connectivity index (χ0v) is 6.17. The van der Waals surface area contributed by atoms with Crippen molar-refractivity contribution in [1.29, 1.82) is 0 Å². The van der Waals surface area contributed by atoms with Gasteiger partial charge in [-0.05, 0) is 12.2 Å². The lowest BCUT2D eigenvalue weighted by Crippen LogP contribution is -2.11. The van der Waals surface area contributed by atoms with Gasteiger partial charge in [-0.2, -0.15) is 0 Å². The summed E-state index contributed by atoms with van der Waals surface area (Å²) in [5, 5.41) is 16.9. The van der Waals surface area contributed by atoms with Crippen molar-refractivity contribution in [3.05, 3.63) is 0 Å². The Morgan fingerprint density at radius 2 is 2.00 bits per heavy atom. The van der Waals surface area contributed by atoms with E-state index in [1.807, 2.05) is 0 Å². The van der Waals surface area contributed by atoms with Gasteiger partial charge in [-0.15, -0.1) is 0 Å². The van der Waals surface area contributed by atoms with Gasteiger partial charge in [-0.3, -0.25) is 0 Å². The molecule has 0 rings (SSSR count). The maximum absolute atomic E-state index is 8.45. The number of rotatable bonds is 4. The molecule has 0 aromatic rings. The van der Waals surface area contributed by atoms with Crippen LogP contribution in [0.15, 0.2) is 0 Å². The van der Waals surface area contributed by atoms with Crippen molar-refractivity contribution in [2.75, 3.05) is 0 Å². The van der Waals surface area contributed by atoms with E-state index in [9.17, 15) is 0 Å². The van der Waals surface area contributed by atoms with Crippen LogP contribution in [0.4, 0.5) is 0 Å². The van der Waals surface area contributed by atoms with Crippen LogP contribution in [0.2, 0.25) is 6.32 Å². The fraction of sp³-hybridized carbons (Fsp3) is 1.00. The van der Waals surface area contributed by atoms with Gasteiger partial charge in [0.15, 0.2) is 0 Å². The summed E-state index contributed by atoms with van der Waals surface area (Å²) in [4.78, 5) is 0. The molecule has 0 heterocycles. The minimum Gasteiger partial charge on any atom is -0.427 e. The Balaban J connectivity index is 3.06. The summed E-state index contributed by atoms with van der Waals surface area (Å²) in [6.45, 7) is 4.22. The van der Waals surface area contributed by atoms with Gasteiger partial charge >= 0.3 is 7.12 Å². The highest BCUT2D eigenvalue weighted by atomic mass is 16.4. The normalized spacial score (nSPS) is 13.3. The molecule has 2 nitrogen and oxygen atoms in total. The van der Waals surface area contributed by atoms with E-state index in [1.54, 1.807) is 0 Å². The largest absolute Gasteiger partial charge is 0.451 e. The molecular weight excluding hydrogens is 115 g/mol. The molecule has 0 aliphatic heterocycles. The van der Waals surface area contributed by atoms with E-state index in [-0.39, 0.29) is 0 Å². The minimum atomic E-state index is -1.11. The van der Waals surface area contributed by atoms with E-state index in [0.29, 0.717) is 12.2 Å². The lowest BCUT2D eigenvalue weighted by Gasteiger charge is -2.05. The number of hydrogen-bond donors (Lipinski definition) is 2. The third-order valence-electron chi connectivity index (χ3n) is 1.61. The van der Waals surface area contributed by atoms with Crippen LogP contribution in [0.1, 0.15) is 26.7 Å². The van der Waals surface area contributed by atoms with Gasteiger partial charge in [0, 0.05) is 0 Å². The first-order valence-corrected chi connectivity index (χ1v) is 3.53. The summed E-state index contributed by atoms with van der Waals surface area (Å²) < 4.78 is 0. The first-order chi connectivity index (χ1) is 4.16. The third-order valence-corrected chi connectivity index (χ3v) is 1.61. The van der Waals surface area contributed by atoms with Gasteiger partial charge in [0.2, 0.25) is 0 Å². The van der Waals surface area contributed by atoms with Gasteiger partial charge in [0.05, 0.1) is 0 Å². The predicted octanol–water partition coefficient (Wildman–Crippen LogP) is 0.895. The molecule has 1 atom stereocenters. The summed E-state index contributed by atoms with van der Waals surface area (Å²) in [5.74, 6) is 0.617. The monoisotopic (exact) mass is 130 g/mol. The zero-order chi connectivity index (χ0) is 7.28. The molecule has 0 amide bonds. The van der Waals surface area contributed by atoms with E-state index < -0.39 is 7.12 Å². The van der Waals surface area contributed by atoms with Crippen LogP contribution in [0.3, 0.4) is 0 Å². The minimum absolute atomic E-state index is 0.509. The van der Waals surface area contributed by atoms with Crippen LogP contribution in [0.25, 0.3) is 0 Å². The summed E-state index contributed by atoms with van der Waals surface area (Å²) in [7, 11) is -1.11. The fourth-order valence-electron chi connectivity index (χ4n) is 0.638. The van der Waals surface area contributed by atoms with Gasteiger partial charge in [0.25, 0.3) is 0 Å². The zero-order valence-electron chi connectivity index (χ0n) is 6.17. The Hall–Kier alpha value is -0.0151. The molecule has 0 radical (unpaired) electrons. The molecule has 2 N–H and O–H groups in total. The molecule has 54 valence electrons. The molecule has 0 aliphatic carbocycles. The second-order valence-electron chi connectivity index (χ2n) is 2.57. The SMILES string of the molecule is CCC(C)CCB(O)O. The Labute approximate surface area is 57.0 Å². The van der Waals surface area contributed by atoms with E-state index in [1.165, 1.54) is 0 Å². The molecule has 0 aromatic carbocycles. The molecule has 1 unspecified atom stereocenters. The molecule has 0 spiro atoms. The van der Waals surface area contributed by atoms with Gasteiger partial charge < -0.3 is 10.0 Å². The summed E-state index contributed by atoms with van der Waals surface area (Å²) >= 11 is 0. The van der Waals surface area contributed by atoms with Crippen molar-refractivity contribution in [1.82, 2.24) is 0 Å². The molecule has 0 aromatic heterocycles. The van der Waals surface area contributed by atoms with Crippen LogP contribution in [-0.4, -0.2) is 17.2 Å². The highest BCUT2D eigenvalue weighted by molar-refractivity contribution is 6.40. The third kappa shape index (κ3) is 5.86. The van der Waals surface area contributed by atoms with Crippen molar-refractivity contribution in [2.24, 2.45) is 5.92 Å². The molecule has 0 fully saturated rings. The lowest BCUT2D eigenvalue weighted by atomic mass is 9.81. The Morgan fingerprint density at radius 3 is 2.33 bits per heavy atom. The fourth-order valence-corrected chi connectivity index (χ4v) is 0.638. The average molecular weight is 130 g/mol. The van der Waals surface area contributed by atoms with Crippen LogP contribution in [0, 0.1) is 5.92 Å². The van der Waals surface area contributed by atoms with Crippen LogP contribution in [-0.2, 0) is 0 Å². The maximum Gasteiger partial charge on any atom is 0.451 e. The van der Waals surface area contributed by atoms with Crippen LogP contribution >= 0.6 is 0 Å². The summed E-state index contributed by atoms with van der Waals surface area (Å²) in [6.07, 6.45) is 2.54. The predicted molar refractivity (Wildman–Crippen MR) is 39.1 cm³/mol. The maximum atomic E-state index is 8.45. The standard InChI is InChI=1S/C6H15BO2/c1-3-6(2)4-5-7(8)9/h6,8-9H,3-5H2,1-2H3. The van der Waals surface area contributed by atoms with Gasteiger partial charge in [-0.25, -0.2) is 0 Å². The Bertz CT molecular complexity index is 66.1. The van der Waals surface area contributed by atoms with Gasteiger partial charge in [-0.1, -0.05) is 26.7 Å². The summed E-state index contributed by atoms with van der Waals surface area (Å²) in [6, 6.07) is 0. The smallest absolute Gasteiger partial charge is 0.427 e. The highest BCUT2D eigenvalue weighted by Gasteiger charge is 2.07. The second-order valence-corrected chi connectivity index (χ2v) is 2.57. The average Bonchev–Trinajstić information content (AvgIpc) is 1.83. The molecule has 9 heavy (non-hydrogen) atoms. The van der Waals surface area contributed by atoms with Crippen molar-refractivity contribution in [3.63, 3.8) is 0 Å². The Kier molecular flexibility index (Phi) is 4.82. The van der Waals surface area contributed by atoms with Crippen LogP contribution in [0.5, 0.6) is 0 Å². The summed E-state index contributed by atoms with van der Waals surface area (Å²) in [5.41, 5.74) is 0. The van der Waals surface area contributed by atoms with Crippen molar-refractivity contribution in [3.8, 4) is 0 Å². The molecule has 0 aliphatic rings. The van der Waals surface area contributed by atoms with E-state index in [0.717, 1.165) is 12.8 Å². The molecule has 0 bridgehead atoms. The van der Waals surface area contributed by atoms with Crippen LogP contribution < -0.4 is 0 Å². The van der Waals surface area contributed by atoms with Gasteiger partial charge in [0.1, 0.15) is 0 Å². The topological polar surface area (TPSA) is 40.5 Å². The quantitative estimate of drug-likeness (QED) is 0.555. The lowest BCUT2D eigenvalue weighted by molar-refractivity contribution is 0.393. The second kappa shape index (κ2) is 4.83. The molecule has 0 saturated heterocycles. The van der Waals surface area contributed by atoms with Crippen molar-refractivity contribution >= 4 is 7.12 Å². The van der Waals surface area contributed by atoms with E-state index in [4.69, 9.17) is 10.0 Å². The Morgan fingerprint density at radius 1 is 1.44 bits per heavy atom. The van der Waals surface area contributed by atoms with E-state index in [2.05, 4.69) is 13.8 Å². The first kappa shape index (κ1) is 8.98. The van der Waals surface area contributed by atoms with Crippen molar-refractivity contribution < 1.29 is 10.0 Å². The molecule has 3 heteroatoms. The number of hydrogen-bond acceptors (Lipinski definition) is 2. The first-order valence-electron chi connectivity index (χ1n) is 3.53. The van der Waals surface area contributed by atoms with E-state index >= 15 is 0 Å². The highest BCUT2D eigenvalue weighted by Crippen LogP contribution is 2.09. The molecule has 0 saturated carbocycles. The van der Waals surface area contributed by atoms with Crippen molar-refractivity contribution in [2.45, 2.75) is 33.0 Å². The molecular formula is C6H15BO2.